The lowest BCUT2D eigenvalue weighted by atomic mass is 9.79. The lowest BCUT2D eigenvalue weighted by Crippen LogP contribution is -2.27. The van der Waals surface area contributed by atoms with Crippen molar-refractivity contribution in [2.45, 2.75) is 46.0 Å². The molecule has 27 heavy (non-hydrogen) atoms. The van der Waals surface area contributed by atoms with E-state index in [9.17, 15) is 8.42 Å². The predicted molar refractivity (Wildman–Crippen MR) is 111 cm³/mol. The van der Waals surface area contributed by atoms with Crippen molar-refractivity contribution in [3.8, 4) is 0 Å². The second kappa shape index (κ2) is 6.01. The largest absolute Gasteiger partial charge is 0.286 e. The molecule has 4 rings (SSSR count). The van der Waals surface area contributed by atoms with Crippen LogP contribution in [0.4, 0.5) is 5.69 Å². The van der Waals surface area contributed by atoms with Crippen molar-refractivity contribution in [1.29, 1.82) is 0 Å². The minimum Gasteiger partial charge on any atom is -0.286 e. The molecule has 0 saturated heterocycles. The molecule has 1 aliphatic carbocycles. The van der Waals surface area contributed by atoms with Crippen LogP contribution in [0.15, 0.2) is 30.3 Å². The monoisotopic (exact) mass is 384 g/mol. The van der Waals surface area contributed by atoms with E-state index in [-0.39, 0.29) is 11.2 Å². The highest BCUT2D eigenvalue weighted by Gasteiger charge is 2.44. The van der Waals surface area contributed by atoms with Crippen LogP contribution in [-0.4, -0.2) is 35.6 Å². The third-order valence-electron chi connectivity index (χ3n) is 6.11. The Balaban J connectivity index is 1.84. The van der Waals surface area contributed by atoms with Gasteiger partial charge >= 0.3 is 0 Å². The molecule has 0 unspecified atom stereocenters. The van der Waals surface area contributed by atoms with Gasteiger partial charge in [-0.3, -0.25) is 4.55 Å². The van der Waals surface area contributed by atoms with Crippen molar-refractivity contribution < 1.29 is 17.5 Å². The minimum atomic E-state index is -3.93. The number of benzene rings is 2. The average Bonchev–Trinajstić information content (AvgIpc) is 3.38. The van der Waals surface area contributed by atoms with Crippen molar-refractivity contribution in [3.05, 3.63) is 47.0 Å². The fourth-order valence-electron chi connectivity index (χ4n) is 4.36. The molecular weight excluding hydrogens is 358 g/mol. The van der Waals surface area contributed by atoms with E-state index < -0.39 is 10.1 Å². The zero-order chi connectivity index (χ0) is 19.6. The van der Waals surface area contributed by atoms with Crippen LogP contribution in [0.2, 0.25) is 0 Å². The lowest BCUT2D eigenvalue weighted by molar-refractivity contribution is -0.438. The number of rotatable bonds is 5. The zero-order valence-corrected chi connectivity index (χ0v) is 17.2. The molecule has 0 aromatic heterocycles. The summed E-state index contributed by atoms with van der Waals surface area (Å²) in [7, 11) is -3.93. The van der Waals surface area contributed by atoms with E-state index in [4.69, 9.17) is 4.55 Å². The molecule has 5 heteroatoms. The van der Waals surface area contributed by atoms with Gasteiger partial charge in [-0.15, -0.1) is 0 Å². The van der Waals surface area contributed by atoms with Crippen LogP contribution in [0.5, 0.6) is 0 Å². The van der Waals surface area contributed by atoms with Crippen LogP contribution < -0.4 is 0 Å². The summed E-state index contributed by atoms with van der Waals surface area (Å²) in [5.74, 6) is -0.211. The summed E-state index contributed by atoms with van der Waals surface area (Å²) in [6.45, 7) is 9.35. The Kier molecular flexibility index (Phi) is 4.09. The van der Waals surface area contributed by atoms with Gasteiger partial charge in [-0.2, -0.15) is 13.0 Å². The van der Waals surface area contributed by atoms with Crippen molar-refractivity contribution >= 4 is 37.9 Å². The van der Waals surface area contributed by atoms with Gasteiger partial charge in [0.15, 0.2) is 5.71 Å². The quantitative estimate of drug-likeness (QED) is 0.605. The van der Waals surface area contributed by atoms with E-state index in [1.807, 2.05) is 0 Å². The topological polar surface area (TPSA) is 57.4 Å². The van der Waals surface area contributed by atoms with Gasteiger partial charge in [-0.1, -0.05) is 12.1 Å². The fourth-order valence-corrected chi connectivity index (χ4v) is 4.85. The second-order valence-electron chi connectivity index (χ2n) is 8.28. The molecule has 0 radical (unpaired) electrons. The Hall–Kier alpha value is -1.98. The first kappa shape index (κ1) is 18.4. The predicted octanol–water partition coefficient (Wildman–Crippen LogP) is 4.61. The number of aryl methyl sites for hydroxylation is 1. The van der Waals surface area contributed by atoms with Gasteiger partial charge in [0, 0.05) is 25.0 Å². The van der Waals surface area contributed by atoms with Crippen LogP contribution in [0.25, 0.3) is 16.3 Å². The highest BCUT2D eigenvalue weighted by atomic mass is 32.2. The van der Waals surface area contributed by atoms with E-state index in [1.165, 1.54) is 38.7 Å². The average molecular weight is 385 g/mol. The molecule has 0 saturated carbocycles. The molecule has 0 spiro atoms. The molecule has 0 bridgehead atoms. The summed E-state index contributed by atoms with van der Waals surface area (Å²) in [6.07, 6.45) is 3.74. The van der Waals surface area contributed by atoms with Gasteiger partial charge in [0.1, 0.15) is 6.54 Å². The maximum absolute atomic E-state index is 11.1. The summed E-state index contributed by atoms with van der Waals surface area (Å²) in [6, 6.07) is 8.93. The molecule has 2 aliphatic rings. The van der Waals surface area contributed by atoms with Gasteiger partial charge in [0.25, 0.3) is 10.1 Å². The lowest BCUT2D eigenvalue weighted by Gasteiger charge is -2.18. The maximum atomic E-state index is 11.1. The fraction of sp³-hybridized carbons (Fsp3) is 0.409. The van der Waals surface area contributed by atoms with Crippen LogP contribution >= 0.6 is 0 Å². The van der Waals surface area contributed by atoms with Crippen LogP contribution in [0.1, 0.15) is 50.3 Å². The first-order valence-electron chi connectivity index (χ1n) is 9.43. The summed E-state index contributed by atoms with van der Waals surface area (Å²) in [5.41, 5.74) is 7.57. The summed E-state index contributed by atoms with van der Waals surface area (Å²) in [4.78, 5) is 0. The molecule has 1 aliphatic heterocycles. The second-order valence-corrected chi connectivity index (χ2v) is 9.86. The number of hydrogen-bond acceptors (Lipinski definition) is 2. The van der Waals surface area contributed by atoms with Crippen LogP contribution in [-0.2, 0) is 15.5 Å². The Morgan fingerprint density at radius 2 is 1.85 bits per heavy atom. The molecule has 4 nitrogen and oxygen atoms in total. The smallest absolute Gasteiger partial charge is 0.265 e. The number of hydrogen-bond donors (Lipinski definition) is 1. The zero-order valence-electron chi connectivity index (χ0n) is 16.3. The molecule has 2 aromatic rings. The van der Waals surface area contributed by atoms with Crippen LogP contribution in [0, 0.1) is 6.92 Å². The van der Waals surface area contributed by atoms with Crippen molar-refractivity contribution in [3.63, 3.8) is 0 Å². The Bertz CT molecular complexity index is 1140. The Labute approximate surface area is 161 Å². The van der Waals surface area contributed by atoms with Crippen LogP contribution in [0.3, 0.4) is 0 Å². The van der Waals surface area contributed by atoms with E-state index in [2.05, 4.69) is 62.6 Å². The molecule has 0 amide bonds. The number of allylic oxidation sites excluding steroid dienone is 2. The summed E-state index contributed by atoms with van der Waals surface area (Å²) < 4.78 is 33.5. The first-order valence-corrected chi connectivity index (χ1v) is 11.0. The van der Waals surface area contributed by atoms with Crippen molar-refractivity contribution in [2.75, 3.05) is 12.3 Å². The molecule has 1 heterocycles. The number of fused-ring (bicyclic) bond motifs is 3. The summed E-state index contributed by atoms with van der Waals surface area (Å²) >= 11 is 0. The first-order chi connectivity index (χ1) is 12.6. The van der Waals surface area contributed by atoms with E-state index in [0.29, 0.717) is 13.0 Å². The van der Waals surface area contributed by atoms with Gasteiger partial charge < -0.3 is 0 Å². The Morgan fingerprint density at radius 1 is 1.15 bits per heavy atom. The van der Waals surface area contributed by atoms with Gasteiger partial charge in [0.2, 0.25) is 5.69 Å². The van der Waals surface area contributed by atoms with E-state index in [0.717, 1.165) is 12.1 Å². The number of nitrogens with zero attached hydrogens (tertiary/aromatic N) is 1. The van der Waals surface area contributed by atoms with E-state index in [1.54, 1.807) is 0 Å². The molecule has 0 atom stereocenters. The molecule has 0 fully saturated rings. The van der Waals surface area contributed by atoms with E-state index >= 15 is 0 Å². The molecular formula is C22H26NO3S+. The molecule has 2 aromatic carbocycles. The molecule has 1 N–H and O–H groups in total. The SMILES string of the molecule is CC1=[N+](CCCS(=O)(=O)O)c2ccc3c(C)cc(C4=CC4)cc3c2C1(C)C. The molecule has 142 valence electrons. The van der Waals surface area contributed by atoms with Crippen molar-refractivity contribution in [2.24, 2.45) is 0 Å². The van der Waals surface area contributed by atoms with Crippen molar-refractivity contribution in [1.82, 2.24) is 0 Å². The third-order valence-corrected chi connectivity index (χ3v) is 6.91. The van der Waals surface area contributed by atoms with Gasteiger partial charge in [-0.05, 0) is 66.8 Å². The summed E-state index contributed by atoms with van der Waals surface area (Å²) in [5, 5.41) is 2.57. The highest BCUT2D eigenvalue weighted by molar-refractivity contribution is 7.85. The third kappa shape index (κ3) is 3.13. The minimum absolute atomic E-state index is 0.129. The van der Waals surface area contributed by atoms with Gasteiger partial charge in [0.05, 0.1) is 11.2 Å². The highest BCUT2D eigenvalue weighted by Crippen LogP contribution is 2.45. The van der Waals surface area contributed by atoms with Gasteiger partial charge in [-0.25, -0.2) is 0 Å². The Morgan fingerprint density at radius 3 is 2.48 bits per heavy atom. The standard InChI is InChI=1S/C22H25NO3S/c1-14-12-17(16-6-7-16)13-19-18(14)8-9-20-21(19)22(3,4)15(2)23(20)10-5-11-27(24,25)26/h6,8-9,12-13H,5,7,10-11H2,1-4H3/p+1. The normalized spacial score (nSPS) is 18.0. The maximum Gasteiger partial charge on any atom is 0.265 e.